The van der Waals surface area contributed by atoms with Crippen molar-refractivity contribution in [1.82, 2.24) is 10.6 Å². The van der Waals surface area contributed by atoms with Crippen molar-refractivity contribution in [1.29, 1.82) is 0 Å². The van der Waals surface area contributed by atoms with Crippen LogP contribution in [0.5, 0.6) is 0 Å². The molecule has 7 heteroatoms. The monoisotopic (exact) mass is 327 g/mol. The van der Waals surface area contributed by atoms with Gasteiger partial charge in [0.1, 0.15) is 0 Å². The number of carboxylic acids is 1. The second-order valence-corrected chi connectivity index (χ2v) is 7.33. The molecule has 0 aromatic heterocycles. The number of carbonyl (C=O) groups is 3. The zero-order valence-corrected chi connectivity index (χ0v) is 14.4. The standard InChI is InChI=1S/C16H29N3O4/c1-10(18-13(22)11(17)9-12(20)21)19-14(23)16(4)8-6-5-7-15(16,2)3/h10-11H,5-9,17H2,1-4H3,(H,18,22)(H,19,23)(H,20,21)/t10-,11-,16?/m0/s1. The van der Waals surface area contributed by atoms with Crippen LogP contribution in [0.25, 0.3) is 0 Å². The van der Waals surface area contributed by atoms with E-state index in [0.29, 0.717) is 0 Å². The Morgan fingerprint density at radius 1 is 1.13 bits per heavy atom. The molecule has 0 spiro atoms. The van der Waals surface area contributed by atoms with Crippen LogP contribution >= 0.6 is 0 Å². The molecule has 3 atom stereocenters. The largest absolute Gasteiger partial charge is 0.481 e. The van der Waals surface area contributed by atoms with Crippen molar-refractivity contribution in [2.24, 2.45) is 16.6 Å². The first-order chi connectivity index (χ1) is 10.5. The van der Waals surface area contributed by atoms with E-state index in [1.807, 2.05) is 6.92 Å². The first-order valence-electron chi connectivity index (χ1n) is 8.08. The van der Waals surface area contributed by atoms with Gasteiger partial charge in [-0.15, -0.1) is 0 Å². The minimum atomic E-state index is -1.14. The minimum Gasteiger partial charge on any atom is -0.481 e. The molecule has 23 heavy (non-hydrogen) atoms. The quantitative estimate of drug-likeness (QED) is 0.542. The molecule has 1 unspecified atom stereocenters. The van der Waals surface area contributed by atoms with Crippen molar-refractivity contribution in [3.63, 3.8) is 0 Å². The Balaban J connectivity index is 2.62. The maximum absolute atomic E-state index is 12.7. The summed E-state index contributed by atoms with van der Waals surface area (Å²) in [5.74, 6) is -1.82. The normalized spacial score (nSPS) is 26.0. The molecule has 1 fully saturated rings. The lowest BCUT2D eigenvalue weighted by Gasteiger charge is -2.47. The molecule has 0 aromatic carbocycles. The Morgan fingerprint density at radius 2 is 1.70 bits per heavy atom. The summed E-state index contributed by atoms with van der Waals surface area (Å²) in [6.45, 7) is 7.80. The SMILES string of the molecule is C[C@@H](NC(=O)[C@@H](N)CC(=O)O)NC(=O)C1(C)CCCCC1(C)C. The van der Waals surface area contributed by atoms with Crippen LogP contribution in [-0.2, 0) is 14.4 Å². The van der Waals surface area contributed by atoms with Crippen molar-refractivity contribution in [3.05, 3.63) is 0 Å². The molecular formula is C16H29N3O4. The number of hydrogen-bond donors (Lipinski definition) is 4. The first-order valence-corrected chi connectivity index (χ1v) is 8.08. The highest BCUT2D eigenvalue weighted by molar-refractivity contribution is 5.87. The molecule has 0 aliphatic heterocycles. The summed E-state index contributed by atoms with van der Waals surface area (Å²) >= 11 is 0. The maximum Gasteiger partial charge on any atom is 0.305 e. The van der Waals surface area contributed by atoms with Gasteiger partial charge in [0.15, 0.2) is 0 Å². The highest BCUT2D eigenvalue weighted by Gasteiger charge is 2.48. The van der Waals surface area contributed by atoms with Crippen molar-refractivity contribution in [2.75, 3.05) is 0 Å². The van der Waals surface area contributed by atoms with Crippen LogP contribution in [0.4, 0.5) is 0 Å². The predicted molar refractivity (Wildman–Crippen MR) is 86.3 cm³/mol. The molecule has 132 valence electrons. The van der Waals surface area contributed by atoms with Crippen LogP contribution in [0.2, 0.25) is 0 Å². The summed E-state index contributed by atoms with van der Waals surface area (Å²) in [5, 5.41) is 14.0. The topological polar surface area (TPSA) is 122 Å². The third-order valence-corrected chi connectivity index (χ3v) is 5.16. The summed E-state index contributed by atoms with van der Waals surface area (Å²) in [6.07, 6.45) is 2.87. The molecule has 1 aliphatic rings. The van der Waals surface area contributed by atoms with Crippen LogP contribution in [0.1, 0.15) is 59.8 Å². The van der Waals surface area contributed by atoms with Gasteiger partial charge >= 0.3 is 5.97 Å². The Labute approximate surface area is 137 Å². The fraction of sp³-hybridized carbons (Fsp3) is 0.812. The zero-order valence-electron chi connectivity index (χ0n) is 14.4. The molecule has 0 aromatic rings. The summed E-state index contributed by atoms with van der Waals surface area (Å²) in [4.78, 5) is 35.1. The molecule has 0 saturated heterocycles. The van der Waals surface area contributed by atoms with E-state index in [4.69, 9.17) is 10.8 Å². The van der Waals surface area contributed by atoms with E-state index in [1.54, 1.807) is 6.92 Å². The van der Waals surface area contributed by atoms with E-state index in [0.717, 1.165) is 25.7 Å². The van der Waals surface area contributed by atoms with Gasteiger partial charge in [-0.25, -0.2) is 0 Å². The number of carbonyl (C=O) groups excluding carboxylic acids is 2. The Bertz CT molecular complexity index is 478. The number of hydrogen-bond acceptors (Lipinski definition) is 4. The second-order valence-electron chi connectivity index (χ2n) is 7.33. The number of amides is 2. The van der Waals surface area contributed by atoms with Crippen LogP contribution < -0.4 is 16.4 Å². The van der Waals surface area contributed by atoms with Crippen molar-refractivity contribution < 1.29 is 19.5 Å². The van der Waals surface area contributed by atoms with Crippen molar-refractivity contribution in [2.45, 2.75) is 72.0 Å². The van der Waals surface area contributed by atoms with E-state index in [1.165, 1.54) is 0 Å². The van der Waals surface area contributed by atoms with E-state index in [2.05, 4.69) is 24.5 Å². The fourth-order valence-electron chi connectivity index (χ4n) is 3.07. The number of rotatable bonds is 6. The van der Waals surface area contributed by atoms with Crippen LogP contribution in [0, 0.1) is 10.8 Å². The first kappa shape index (κ1) is 19.4. The fourth-order valence-corrected chi connectivity index (χ4v) is 3.07. The lowest BCUT2D eigenvalue weighted by Crippen LogP contribution is -2.57. The molecule has 7 nitrogen and oxygen atoms in total. The van der Waals surface area contributed by atoms with Crippen molar-refractivity contribution >= 4 is 17.8 Å². The molecule has 1 saturated carbocycles. The third-order valence-electron chi connectivity index (χ3n) is 5.16. The van der Waals surface area contributed by atoms with E-state index in [-0.39, 0.29) is 11.3 Å². The maximum atomic E-state index is 12.7. The summed E-state index contributed by atoms with van der Waals surface area (Å²) in [6, 6.07) is -1.13. The van der Waals surface area contributed by atoms with Gasteiger partial charge in [0.25, 0.3) is 0 Å². The lowest BCUT2D eigenvalue weighted by molar-refractivity contribution is -0.142. The Morgan fingerprint density at radius 3 is 2.22 bits per heavy atom. The van der Waals surface area contributed by atoms with Gasteiger partial charge in [-0.1, -0.05) is 33.6 Å². The van der Waals surface area contributed by atoms with Gasteiger partial charge in [0.2, 0.25) is 11.8 Å². The second kappa shape index (κ2) is 7.29. The third kappa shape index (κ3) is 4.67. The summed E-state index contributed by atoms with van der Waals surface area (Å²) < 4.78 is 0. The Kier molecular flexibility index (Phi) is 6.16. The Hall–Kier alpha value is -1.63. The van der Waals surface area contributed by atoms with Gasteiger partial charge in [-0.2, -0.15) is 0 Å². The number of carboxylic acid groups (broad SMARTS) is 1. The van der Waals surface area contributed by atoms with Crippen LogP contribution in [0.15, 0.2) is 0 Å². The van der Waals surface area contributed by atoms with E-state index < -0.39 is 35.9 Å². The zero-order chi connectivity index (χ0) is 17.8. The molecule has 1 aliphatic carbocycles. The smallest absolute Gasteiger partial charge is 0.305 e. The number of nitrogens with two attached hydrogens (primary N) is 1. The molecular weight excluding hydrogens is 298 g/mol. The molecule has 2 amide bonds. The van der Waals surface area contributed by atoms with E-state index >= 15 is 0 Å². The van der Waals surface area contributed by atoms with Crippen LogP contribution in [-0.4, -0.2) is 35.1 Å². The highest BCUT2D eigenvalue weighted by atomic mass is 16.4. The molecule has 1 rings (SSSR count). The molecule has 0 heterocycles. The summed E-state index contributed by atoms with van der Waals surface area (Å²) in [7, 11) is 0. The van der Waals surface area contributed by atoms with Gasteiger partial charge in [0, 0.05) is 0 Å². The molecule has 0 radical (unpaired) electrons. The highest BCUT2D eigenvalue weighted by Crippen LogP contribution is 2.50. The number of nitrogens with one attached hydrogen (secondary N) is 2. The van der Waals surface area contributed by atoms with Gasteiger partial charge in [0.05, 0.1) is 24.0 Å². The average Bonchev–Trinajstić information content (AvgIpc) is 2.40. The van der Waals surface area contributed by atoms with Gasteiger partial charge < -0.3 is 21.5 Å². The predicted octanol–water partition coefficient (Wildman–Crippen LogP) is 0.973. The molecule has 0 bridgehead atoms. The van der Waals surface area contributed by atoms with Gasteiger partial charge in [-0.05, 0) is 25.2 Å². The average molecular weight is 327 g/mol. The van der Waals surface area contributed by atoms with Crippen LogP contribution in [0.3, 0.4) is 0 Å². The lowest BCUT2D eigenvalue weighted by atomic mass is 9.58. The van der Waals surface area contributed by atoms with Gasteiger partial charge in [-0.3, -0.25) is 14.4 Å². The van der Waals surface area contributed by atoms with Crippen molar-refractivity contribution in [3.8, 4) is 0 Å². The minimum absolute atomic E-state index is 0.0955. The molecule has 5 N–H and O–H groups in total. The van der Waals surface area contributed by atoms with E-state index in [9.17, 15) is 14.4 Å². The number of aliphatic carboxylic acids is 1. The summed E-state index contributed by atoms with van der Waals surface area (Å²) in [5.41, 5.74) is 4.90.